The van der Waals surface area contributed by atoms with Crippen molar-refractivity contribution in [1.82, 2.24) is 5.32 Å². The van der Waals surface area contributed by atoms with Gasteiger partial charge in [0.05, 0.1) is 14.2 Å². The minimum Gasteiger partial charge on any atom is -0.508 e. The standard InChI is InChI=1S/C32H32N2O5/c1-18-5-10-23(11-6-18)34-32(37)29-19(2)33-25-15-22(21-9-14-27(38-3)28(17-21)39-4)16-26(36)31(25)30(29)20-7-12-24(35)13-8-20/h5-14,17,22,30,33,35H,15-16H2,1-4H3,(H,34,37)/t22-,30+/m1/s1. The van der Waals surface area contributed by atoms with Gasteiger partial charge in [-0.2, -0.15) is 0 Å². The Morgan fingerprint density at radius 2 is 1.56 bits per heavy atom. The van der Waals surface area contributed by atoms with Crippen molar-refractivity contribution >= 4 is 17.4 Å². The fourth-order valence-corrected chi connectivity index (χ4v) is 5.52. The number of carbonyl (C=O) groups is 2. The molecule has 1 aliphatic carbocycles. The van der Waals surface area contributed by atoms with Crippen molar-refractivity contribution in [3.05, 3.63) is 106 Å². The fourth-order valence-electron chi connectivity index (χ4n) is 5.52. The van der Waals surface area contributed by atoms with E-state index in [0.717, 1.165) is 22.4 Å². The fraction of sp³-hybridized carbons (Fsp3) is 0.250. The number of ketones is 1. The molecule has 39 heavy (non-hydrogen) atoms. The molecular weight excluding hydrogens is 492 g/mol. The van der Waals surface area contributed by atoms with Crippen LogP contribution in [0.5, 0.6) is 17.2 Å². The summed E-state index contributed by atoms with van der Waals surface area (Å²) in [5.41, 5.74) is 6.11. The number of aromatic hydroxyl groups is 1. The Bertz CT molecular complexity index is 1490. The molecule has 0 unspecified atom stereocenters. The van der Waals surface area contributed by atoms with Crippen molar-refractivity contribution in [1.29, 1.82) is 0 Å². The first-order chi connectivity index (χ1) is 18.8. The summed E-state index contributed by atoms with van der Waals surface area (Å²) in [5.74, 6) is 0.460. The zero-order chi connectivity index (χ0) is 27.7. The van der Waals surface area contributed by atoms with Crippen LogP contribution in [0, 0.1) is 6.92 Å². The van der Waals surface area contributed by atoms with E-state index in [9.17, 15) is 14.7 Å². The van der Waals surface area contributed by atoms with E-state index in [2.05, 4.69) is 10.6 Å². The molecule has 0 spiro atoms. The highest BCUT2D eigenvalue weighted by atomic mass is 16.5. The molecule has 3 aromatic rings. The van der Waals surface area contributed by atoms with E-state index in [1.165, 1.54) is 0 Å². The maximum Gasteiger partial charge on any atom is 0.254 e. The van der Waals surface area contributed by atoms with Crippen molar-refractivity contribution in [2.24, 2.45) is 0 Å². The third-order valence-electron chi connectivity index (χ3n) is 7.49. The summed E-state index contributed by atoms with van der Waals surface area (Å²) >= 11 is 0. The Kier molecular flexibility index (Phi) is 7.15. The molecule has 200 valence electrons. The lowest BCUT2D eigenvalue weighted by atomic mass is 9.71. The van der Waals surface area contributed by atoms with Gasteiger partial charge in [0.15, 0.2) is 17.3 Å². The third kappa shape index (κ3) is 5.12. The Morgan fingerprint density at radius 3 is 2.23 bits per heavy atom. The van der Waals surface area contributed by atoms with Gasteiger partial charge in [-0.3, -0.25) is 9.59 Å². The van der Waals surface area contributed by atoms with E-state index >= 15 is 0 Å². The number of phenolic OH excluding ortho intramolecular Hbond substituents is 1. The molecule has 0 saturated heterocycles. The number of carbonyl (C=O) groups excluding carboxylic acids is 2. The molecule has 0 saturated carbocycles. The molecule has 5 rings (SSSR count). The van der Waals surface area contributed by atoms with E-state index in [-0.39, 0.29) is 23.4 Å². The van der Waals surface area contributed by atoms with Crippen molar-refractivity contribution in [3.63, 3.8) is 0 Å². The number of nitrogens with one attached hydrogen (secondary N) is 2. The number of phenols is 1. The van der Waals surface area contributed by atoms with Crippen LogP contribution in [0.4, 0.5) is 5.69 Å². The van der Waals surface area contributed by atoms with E-state index in [1.54, 1.807) is 38.5 Å². The van der Waals surface area contributed by atoms with Gasteiger partial charge >= 0.3 is 0 Å². The minimum absolute atomic E-state index is 0.0188. The van der Waals surface area contributed by atoms with Gasteiger partial charge in [0.2, 0.25) is 0 Å². The summed E-state index contributed by atoms with van der Waals surface area (Å²) < 4.78 is 10.9. The van der Waals surface area contributed by atoms with Gasteiger partial charge < -0.3 is 25.2 Å². The monoisotopic (exact) mass is 524 g/mol. The van der Waals surface area contributed by atoms with Crippen LogP contribution in [0.15, 0.2) is 89.3 Å². The van der Waals surface area contributed by atoms with Crippen LogP contribution in [0.3, 0.4) is 0 Å². The summed E-state index contributed by atoms with van der Waals surface area (Å²) in [6.07, 6.45) is 0.909. The topological polar surface area (TPSA) is 96.9 Å². The lowest BCUT2D eigenvalue weighted by Gasteiger charge is -2.37. The number of aryl methyl sites for hydroxylation is 1. The van der Waals surface area contributed by atoms with Gasteiger partial charge in [0, 0.05) is 40.6 Å². The summed E-state index contributed by atoms with van der Waals surface area (Å²) in [5, 5.41) is 16.3. The lowest BCUT2D eigenvalue weighted by molar-refractivity contribution is -0.116. The first-order valence-electron chi connectivity index (χ1n) is 12.9. The van der Waals surface area contributed by atoms with Crippen molar-refractivity contribution < 1.29 is 24.2 Å². The van der Waals surface area contributed by atoms with E-state index in [0.29, 0.717) is 46.9 Å². The molecule has 0 radical (unpaired) electrons. The van der Waals surface area contributed by atoms with Crippen LogP contribution in [-0.4, -0.2) is 31.0 Å². The van der Waals surface area contributed by atoms with Gasteiger partial charge in [-0.25, -0.2) is 0 Å². The number of rotatable bonds is 6. The normalized spacial score (nSPS) is 18.8. The van der Waals surface area contributed by atoms with Gasteiger partial charge in [-0.1, -0.05) is 35.9 Å². The smallest absolute Gasteiger partial charge is 0.254 e. The molecule has 1 heterocycles. The first kappa shape index (κ1) is 26.1. The molecule has 3 aromatic carbocycles. The molecule has 1 aliphatic heterocycles. The van der Waals surface area contributed by atoms with E-state index < -0.39 is 5.92 Å². The highest BCUT2D eigenvalue weighted by Crippen LogP contribution is 2.46. The van der Waals surface area contributed by atoms with Crippen LogP contribution in [0.25, 0.3) is 0 Å². The summed E-state index contributed by atoms with van der Waals surface area (Å²) in [6, 6.07) is 20.1. The highest BCUT2D eigenvalue weighted by molar-refractivity contribution is 6.10. The number of allylic oxidation sites excluding steroid dienone is 3. The number of dihydropyridines is 1. The molecular formula is C32H32N2O5. The quantitative estimate of drug-likeness (QED) is 0.382. The molecule has 3 N–H and O–H groups in total. The number of methoxy groups -OCH3 is 2. The third-order valence-corrected chi connectivity index (χ3v) is 7.49. The van der Waals surface area contributed by atoms with Crippen LogP contribution >= 0.6 is 0 Å². The van der Waals surface area contributed by atoms with Crippen LogP contribution < -0.4 is 20.1 Å². The number of hydrogen-bond donors (Lipinski definition) is 3. The van der Waals surface area contributed by atoms with E-state index in [4.69, 9.17) is 9.47 Å². The molecule has 2 atom stereocenters. The number of amides is 1. The molecule has 0 bridgehead atoms. The Labute approximate surface area is 228 Å². The van der Waals surface area contributed by atoms with Gasteiger partial charge in [-0.15, -0.1) is 0 Å². The Morgan fingerprint density at radius 1 is 0.897 bits per heavy atom. The van der Waals surface area contributed by atoms with E-state index in [1.807, 2.05) is 56.3 Å². The second-order valence-electron chi connectivity index (χ2n) is 10.0. The molecule has 2 aliphatic rings. The average Bonchev–Trinajstić information content (AvgIpc) is 2.93. The van der Waals surface area contributed by atoms with Crippen molar-refractivity contribution in [2.45, 2.75) is 38.5 Å². The summed E-state index contributed by atoms with van der Waals surface area (Å²) in [7, 11) is 3.19. The SMILES string of the molecule is COc1ccc([C@H]2CC(=O)C3=C(C2)NC(C)=C(C(=O)Nc2ccc(C)cc2)[C@@H]3c2ccc(O)cc2)cc1OC. The lowest BCUT2D eigenvalue weighted by Crippen LogP contribution is -2.37. The maximum atomic E-state index is 13.9. The second-order valence-corrected chi connectivity index (χ2v) is 10.0. The Balaban J connectivity index is 1.53. The average molecular weight is 525 g/mol. The molecule has 7 nitrogen and oxygen atoms in total. The predicted octanol–water partition coefficient (Wildman–Crippen LogP) is 5.72. The summed E-state index contributed by atoms with van der Waals surface area (Å²) in [6.45, 7) is 3.86. The number of ether oxygens (including phenoxy) is 2. The highest BCUT2D eigenvalue weighted by Gasteiger charge is 2.41. The first-order valence-corrected chi connectivity index (χ1v) is 12.9. The summed E-state index contributed by atoms with van der Waals surface area (Å²) in [4.78, 5) is 27.5. The number of benzene rings is 3. The van der Waals surface area contributed by atoms with Crippen molar-refractivity contribution in [3.8, 4) is 17.2 Å². The number of Topliss-reactive ketones (excluding diaryl/α,β-unsaturated/α-hetero) is 1. The maximum absolute atomic E-state index is 13.9. The van der Waals surface area contributed by atoms with Gasteiger partial charge in [0.25, 0.3) is 5.91 Å². The second kappa shape index (κ2) is 10.7. The van der Waals surface area contributed by atoms with Crippen LogP contribution in [0.1, 0.15) is 48.3 Å². The minimum atomic E-state index is -0.564. The largest absolute Gasteiger partial charge is 0.508 e. The van der Waals surface area contributed by atoms with Crippen LogP contribution in [0.2, 0.25) is 0 Å². The molecule has 0 fully saturated rings. The van der Waals surface area contributed by atoms with Gasteiger partial charge in [0.1, 0.15) is 5.75 Å². The zero-order valence-corrected chi connectivity index (χ0v) is 22.5. The molecule has 7 heteroatoms. The number of anilines is 1. The number of hydrogen-bond acceptors (Lipinski definition) is 6. The Hall–Kier alpha value is -4.52. The van der Waals surface area contributed by atoms with Crippen molar-refractivity contribution in [2.75, 3.05) is 19.5 Å². The van der Waals surface area contributed by atoms with Crippen LogP contribution in [-0.2, 0) is 9.59 Å². The predicted molar refractivity (Wildman–Crippen MR) is 150 cm³/mol. The molecule has 1 amide bonds. The zero-order valence-electron chi connectivity index (χ0n) is 22.5. The molecule has 0 aromatic heterocycles. The van der Waals surface area contributed by atoms with Gasteiger partial charge in [-0.05, 0) is 73.7 Å².